The molecule has 0 saturated heterocycles. The average molecular weight is 461 g/mol. The molecule has 2 aromatic carbocycles. The molecule has 1 aromatic heterocycles. The fourth-order valence-corrected chi connectivity index (χ4v) is 4.16. The predicted molar refractivity (Wildman–Crippen MR) is 117 cm³/mol. The third kappa shape index (κ3) is 5.18. The second-order valence-electron chi connectivity index (χ2n) is 8.08. The van der Waals surface area contributed by atoms with Gasteiger partial charge >= 0.3 is 6.18 Å². The number of alkyl halides is 3. The molecule has 0 aliphatic heterocycles. The molecule has 0 unspecified atom stereocenters. The van der Waals surface area contributed by atoms with Gasteiger partial charge in [0.15, 0.2) is 0 Å². The highest BCUT2D eigenvalue weighted by Gasteiger charge is 2.34. The van der Waals surface area contributed by atoms with E-state index in [0.29, 0.717) is 36.8 Å². The molecule has 2 N–H and O–H groups in total. The van der Waals surface area contributed by atoms with Crippen LogP contribution in [0.25, 0.3) is 10.9 Å². The fourth-order valence-electron chi connectivity index (χ4n) is 4.16. The second-order valence-corrected chi connectivity index (χ2v) is 8.08. The van der Waals surface area contributed by atoms with Gasteiger partial charge in [0.1, 0.15) is 17.3 Å². The van der Waals surface area contributed by atoms with Crippen LogP contribution in [0.15, 0.2) is 48.5 Å². The van der Waals surface area contributed by atoms with Crippen molar-refractivity contribution >= 4 is 22.5 Å². The normalized spacial score (nSPS) is 18.7. The monoisotopic (exact) mass is 461 g/mol. The number of rotatable bonds is 5. The first-order valence-electron chi connectivity index (χ1n) is 10.6. The molecule has 1 aliphatic carbocycles. The highest BCUT2D eigenvalue weighted by Crippen LogP contribution is 2.34. The van der Waals surface area contributed by atoms with Crippen molar-refractivity contribution in [1.82, 2.24) is 10.3 Å². The van der Waals surface area contributed by atoms with Crippen molar-refractivity contribution in [2.24, 2.45) is 0 Å². The maximum absolute atomic E-state index is 13.4. The minimum atomic E-state index is -4.54. The highest BCUT2D eigenvalue weighted by molar-refractivity contribution is 5.97. The van der Waals surface area contributed by atoms with E-state index >= 15 is 0 Å². The summed E-state index contributed by atoms with van der Waals surface area (Å²) in [6, 6.07) is 11.4. The highest BCUT2D eigenvalue weighted by atomic mass is 19.4. The molecule has 1 saturated carbocycles. The maximum Gasteiger partial charge on any atom is 0.433 e. The lowest BCUT2D eigenvalue weighted by molar-refractivity contribution is -0.140. The number of halogens is 4. The Morgan fingerprint density at radius 2 is 1.73 bits per heavy atom. The summed E-state index contributed by atoms with van der Waals surface area (Å²) in [5.74, 6) is -0.682. The van der Waals surface area contributed by atoms with Gasteiger partial charge in [0.25, 0.3) is 5.91 Å². The van der Waals surface area contributed by atoms with Crippen LogP contribution in [0.4, 0.5) is 23.2 Å². The molecule has 3 aromatic rings. The van der Waals surface area contributed by atoms with Crippen LogP contribution < -0.4 is 15.4 Å². The number of ether oxygens (including phenoxy) is 1. The number of amides is 1. The van der Waals surface area contributed by atoms with Crippen molar-refractivity contribution < 1.29 is 27.1 Å². The van der Waals surface area contributed by atoms with Crippen molar-refractivity contribution in [2.75, 3.05) is 12.4 Å². The quantitative estimate of drug-likeness (QED) is 0.489. The molecule has 0 bridgehead atoms. The maximum atomic E-state index is 13.4. The number of benzene rings is 2. The molecule has 0 radical (unpaired) electrons. The van der Waals surface area contributed by atoms with Crippen molar-refractivity contribution in [3.63, 3.8) is 0 Å². The summed E-state index contributed by atoms with van der Waals surface area (Å²) in [4.78, 5) is 16.4. The fraction of sp³-hybridized carbons (Fsp3) is 0.333. The van der Waals surface area contributed by atoms with E-state index in [0.717, 1.165) is 12.1 Å². The standard InChI is InChI=1S/C24H23F4N3O2/c1-33-21-12-14(25)6-11-18(21)23(32)30-16-9-7-15(8-10-16)29-20-13-22(24(26,27)28)31-19-5-3-2-4-17(19)20/h2-6,11-13,15-16H,7-10H2,1H3,(H,29,31)(H,30,32)/t15-,16+. The first-order chi connectivity index (χ1) is 15.7. The van der Waals surface area contributed by atoms with Crippen LogP contribution in [0.3, 0.4) is 0 Å². The minimum Gasteiger partial charge on any atom is -0.496 e. The Labute approximate surface area is 188 Å². The smallest absolute Gasteiger partial charge is 0.433 e. The van der Waals surface area contributed by atoms with E-state index in [1.807, 2.05) is 0 Å². The van der Waals surface area contributed by atoms with E-state index in [-0.39, 0.29) is 34.8 Å². The van der Waals surface area contributed by atoms with Gasteiger partial charge < -0.3 is 15.4 Å². The van der Waals surface area contributed by atoms with Gasteiger partial charge in [-0.25, -0.2) is 9.37 Å². The molecule has 33 heavy (non-hydrogen) atoms. The molecule has 1 amide bonds. The number of hydrogen-bond acceptors (Lipinski definition) is 4. The lowest BCUT2D eigenvalue weighted by Crippen LogP contribution is -2.40. The predicted octanol–water partition coefficient (Wildman–Crippen LogP) is 5.55. The number of aromatic nitrogens is 1. The van der Waals surface area contributed by atoms with E-state index < -0.39 is 17.7 Å². The lowest BCUT2D eigenvalue weighted by Gasteiger charge is -2.31. The zero-order valence-corrected chi connectivity index (χ0v) is 17.9. The molecule has 174 valence electrons. The van der Waals surface area contributed by atoms with E-state index in [4.69, 9.17) is 4.74 Å². The van der Waals surface area contributed by atoms with Gasteiger partial charge in [0.05, 0.1) is 18.2 Å². The average Bonchev–Trinajstić information content (AvgIpc) is 2.79. The molecule has 0 spiro atoms. The van der Waals surface area contributed by atoms with Crippen LogP contribution in [0, 0.1) is 5.82 Å². The molecule has 0 atom stereocenters. The Bertz CT molecular complexity index is 1160. The van der Waals surface area contributed by atoms with Crippen LogP contribution in [0.5, 0.6) is 5.75 Å². The number of nitrogens with zero attached hydrogens (tertiary/aromatic N) is 1. The first kappa shape index (κ1) is 22.8. The van der Waals surface area contributed by atoms with Crippen LogP contribution in [0.2, 0.25) is 0 Å². The number of hydrogen-bond donors (Lipinski definition) is 2. The second kappa shape index (κ2) is 9.25. The largest absolute Gasteiger partial charge is 0.496 e. The summed E-state index contributed by atoms with van der Waals surface area (Å²) in [7, 11) is 1.37. The lowest BCUT2D eigenvalue weighted by atomic mass is 9.90. The number of para-hydroxylation sites is 1. The molecule has 4 rings (SSSR count). The van der Waals surface area contributed by atoms with E-state index in [9.17, 15) is 22.4 Å². The number of carbonyl (C=O) groups excluding carboxylic acids is 1. The van der Waals surface area contributed by atoms with E-state index in [1.54, 1.807) is 24.3 Å². The SMILES string of the molecule is COc1cc(F)ccc1C(=O)N[C@H]1CC[C@@H](Nc2cc(C(F)(F)F)nc3ccccc23)CC1. The van der Waals surface area contributed by atoms with Crippen molar-refractivity contribution in [2.45, 2.75) is 43.9 Å². The minimum absolute atomic E-state index is 0.0367. The third-order valence-electron chi connectivity index (χ3n) is 5.84. The zero-order chi connectivity index (χ0) is 23.6. The van der Waals surface area contributed by atoms with Crippen molar-refractivity contribution in [3.05, 3.63) is 65.6 Å². The van der Waals surface area contributed by atoms with Crippen LogP contribution in [-0.2, 0) is 6.18 Å². The molecular formula is C24H23F4N3O2. The van der Waals surface area contributed by atoms with E-state index in [2.05, 4.69) is 15.6 Å². The topological polar surface area (TPSA) is 63.2 Å². The Morgan fingerprint density at radius 1 is 1.03 bits per heavy atom. The van der Waals surface area contributed by atoms with E-state index in [1.165, 1.54) is 19.2 Å². The third-order valence-corrected chi connectivity index (χ3v) is 5.84. The van der Waals surface area contributed by atoms with Gasteiger partial charge in [0.2, 0.25) is 0 Å². The Balaban J connectivity index is 1.42. The summed E-state index contributed by atoms with van der Waals surface area (Å²) in [5, 5.41) is 6.83. The van der Waals surface area contributed by atoms with Gasteiger partial charge in [-0.15, -0.1) is 0 Å². The Kier molecular flexibility index (Phi) is 6.40. The van der Waals surface area contributed by atoms with Gasteiger partial charge in [-0.1, -0.05) is 18.2 Å². The molecular weight excluding hydrogens is 438 g/mol. The zero-order valence-electron chi connectivity index (χ0n) is 17.9. The molecule has 1 heterocycles. The van der Waals surface area contributed by atoms with Gasteiger partial charge in [0, 0.05) is 29.2 Å². The molecule has 1 aliphatic rings. The van der Waals surface area contributed by atoms with Gasteiger partial charge in [-0.05, 0) is 49.9 Å². The summed E-state index contributed by atoms with van der Waals surface area (Å²) >= 11 is 0. The molecule has 5 nitrogen and oxygen atoms in total. The Morgan fingerprint density at radius 3 is 2.42 bits per heavy atom. The van der Waals surface area contributed by atoms with Gasteiger partial charge in [-0.2, -0.15) is 13.2 Å². The number of methoxy groups -OCH3 is 1. The Hall–Kier alpha value is -3.36. The number of carbonyl (C=O) groups is 1. The van der Waals surface area contributed by atoms with Crippen LogP contribution >= 0.6 is 0 Å². The van der Waals surface area contributed by atoms with Crippen LogP contribution in [-0.4, -0.2) is 30.1 Å². The van der Waals surface area contributed by atoms with Crippen molar-refractivity contribution in [1.29, 1.82) is 0 Å². The summed E-state index contributed by atoms with van der Waals surface area (Å²) in [6.45, 7) is 0. The number of anilines is 1. The number of fused-ring (bicyclic) bond motifs is 1. The summed E-state index contributed by atoms with van der Waals surface area (Å²) in [6.07, 6.45) is -1.89. The first-order valence-corrected chi connectivity index (χ1v) is 10.6. The summed E-state index contributed by atoms with van der Waals surface area (Å²) in [5.41, 5.74) is 0.000423. The molecule has 1 fully saturated rings. The van der Waals surface area contributed by atoms with Crippen molar-refractivity contribution in [3.8, 4) is 5.75 Å². The number of pyridine rings is 1. The van der Waals surface area contributed by atoms with Crippen LogP contribution in [0.1, 0.15) is 41.7 Å². The molecule has 9 heteroatoms. The summed E-state index contributed by atoms with van der Waals surface area (Å²) < 4.78 is 58.4. The van der Waals surface area contributed by atoms with Gasteiger partial charge in [-0.3, -0.25) is 4.79 Å². The number of nitrogens with one attached hydrogen (secondary N) is 2.